The summed E-state index contributed by atoms with van der Waals surface area (Å²) in [6, 6.07) is 1.64. The summed E-state index contributed by atoms with van der Waals surface area (Å²) in [7, 11) is -1.66. The van der Waals surface area contributed by atoms with Crippen molar-refractivity contribution in [3.05, 3.63) is 18.0 Å². The van der Waals surface area contributed by atoms with Gasteiger partial charge in [0.2, 0.25) is 10.0 Å². The molecular formula is C12H21N3O3S. The van der Waals surface area contributed by atoms with E-state index in [0.717, 1.165) is 18.5 Å². The normalized spacial score (nSPS) is 23.9. The predicted molar refractivity (Wildman–Crippen MR) is 72.3 cm³/mol. The molecule has 2 rings (SSSR count). The maximum atomic E-state index is 12.1. The number of nitrogens with one attached hydrogen (secondary N) is 3. The maximum absolute atomic E-state index is 12.1. The average molecular weight is 287 g/mol. The van der Waals surface area contributed by atoms with Crippen LogP contribution in [0.4, 0.5) is 0 Å². The molecule has 19 heavy (non-hydrogen) atoms. The smallest absolute Gasteiger partial charge is 0.242 e. The third kappa shape index (κ3) is 3.56. The van der Waals surface area contributed by atoms with Gasteiger partial charge < -0.3 is 15.0 Å². The first kappa shape index (κ1) is 14.5. The molecule has 108 valence electrons. The average Bonchev–Trinajstić information content (AvgIpc) is 2.98. The summed E-state index contributed by atoms with van der Waals surface area (Å²) < 4.78 is 32.5. The van der Waals surface area contributed by atoms with Gasteiger partial charge in [-0.05, 0) is 32.9 Å². The molecule has 0 spiro atoms. The first-order chi connectivity index (χ1) is 8.95. The molecule has 1 fully saturated rings. The number of hydrogen-bond donors (Lipinski definition) is 3. The second kappa shape index (κ2) is 5.62. The Hall–Kier alpha value is -0.890. The van der Waals surface area contributed by atoms with E-state index in [4.69, 9.17) is 4.74 Å². The van der Waals surface area contributed by atoms with E-state index in [9.17, 15) is 8.42 Å². The summed E-state index contributed by atoms with van der Waals surface area (Å²) in [6.07, 6.45) is 3.37. The molecule has 1 saturated heterocycles. The minimum atomic E-state index is -3.47. The van der Waals surface area contributed by atoms with Crippen molar-refractivity contribution in [1.82, 2.24) is 15.0 Å². The van der Waals surface area contributed by atoms with E-state index in [1.807, 2.05) is 14.0 Å². The maximum Gasteiger partial charge on any atom is 0.242 e. The van der Waals surface area contributed by atoms with Crippen LogP contribution in [0.1, 0.15) is 25.5 Å². The highest BCUT2D eigenvalue weighted by atomic mass is 32.2. The van der Waals surface area contributed by atoms with E-state index >= 15 is 0 Å². The van der Waals surface area contributed by atoms with E-state index in [2.05, 4.69) is 15.0 Å². The lowest BCUT2D eigenvalue weighted by atomic mass is 10.0. The molecular weight excluding hydrogens is 266 g/mol. The molecule has 6 nitrogen and oxygen atoms in total. The molecule has 1 aromatic rings. The summed E-state index contributed by atoms with van der Waals surface area (Å²) in [4.78, 5) is 3.20. The van der Waals surface area contributed by atoms with Crippen LogP contribution in [0.2, 0.25) is 0 Å². The van der Waals surface area contributed by atoms with Gasteiger partial charge in [-0.1, -0.05) is 0 Å². The minimum absolute atomic E-state index is 0.263. The van der Waals surface area contributed by atoms with Crippen LogP contribution in [0.15, 0.2) is 17.2 Å². The SMILES string of the molecule is CNCc1cc(S(=O)(=O)NCC2(C)CCCO2)c[nH]1. The van der Waals surface area contributed by atoms with Crippen molar-refractivity contribution in [3.8, 4) is 0 Å². The molecule has 0 saturated carbocycles. The Kier molecular flexibility index (Phi) is 4.29. The topological polar surface area (TPSA) is 83.2 Å². The number of rotatable bonds is 6. The van der Waals surface area contributed by atoms with E-state index in [1.165, 1.54) is 6.20 Å². The third-order valence-electron chi connectivity index (χ3n) is 3.33. The van der Waals surface area contributed by atoms with Crippen LogP contribution in [0.25, 0.3) is 0 Å². The van der Waals surface area contributed by atoms with Crippen LogP contribution >= 0.6 is 0 Å². The third-order valence-corrected chi connectivity index (χ3v) is 4.71. The molecule has 3 N–H and O–H groups in total. The van der Waals surface area contributed by atoms with Gasteiger partial charge in [0.25, 0.3) is 0 Å². The van der Waals surface area contributed by atoms with Gasteiger partial charge in [-0.15, -0.1) is 0 Å². The van der Waals surface area contributed by atoms with E-state index in [-0.39, 0.29) is 10.5 Å². The fraction of sp³-hybridized carbons (Fsp3) is 0.667. The van der Waals surface area contributed by atoms with E-state index in [0.29, 0.717) is 19.7 Å². The van der Waals surface area contributed by atoms with Gasteiger partial charge >= 0.3 is 0 Å². The van der Waals surface area contributed by atoms with Gasteiger partial charge in [0.15, 0.2) is 0 Å². The molecule has 1 aromatic heterocycles. The quantitative estimate of drug-likeness (QED) is 0.715. The monoisotopic (exact) mass is 287 g/mol. The highest BCUT2D eigenvalue weighted by molar-refractivity contribution is 7.89. The summed E-state index contributed by atoms with van der Waals surface area (Å²) >= 11 is 0. The predicted octanol–water partition coefficient (Wildman–Crippen LogP) is 0.582. The Bertz CT molecular complexity index is 518. The van der Waals surface area contributed by atoms with Crippen molar-refractivity contribution >= 4 is 10.0 Å². The zero-order valence-electron chi connectivity index (χ0n) is 11.3. The molecule has 1 aliphatic rings. The lowest BCUT2D eigenvalue weighted by Gasteiger charge is -2.23. The van der Waals surface area contributed by atoms with Gasteiger partial charge in [0, 0.05) is 31.6 Å². The first-order valence-corrected chi connectivity index (χ1v) is 7.89. The summed E-state index contributed by atoms with van der Waals surface area (Å²) in [5.74, 6) is 0. The number of aromatic amines is 1. The van der Waals surface area contributed by atoms with Crippen LogP contribution in [0.5, 0.6) is 0 Å². The molecule has 7 heteroatoms. The second-order valence-electron chi connectivity index (χ2n) is 5.12. The van der Waals surface area contributed by atoms with Crippen LogP contribution < -0.4 is 10.0 Å². The number of aromatic nitrogens is 1. The molecule has 0 aromatic carbocycles. The van der Waals surface area contributed by atoms with Crippen molar-refractivity contribution in [2.75, 3.05) is 20.2 Å². The van der Waals surface area contributed by atoms with Crippen LogP contribution in [-0.2, 0) is 21.3 Å². The van der Waals surface area contributed by atoms with Crippen molar-refractivity contribution in [2.24, 2.45) is 0 Å². The Morgan fingerprint density at radius 1 is 1.53 bits per heavy atom. The Labute approximate surface area is 114 Å². The van der Waals surface area contributed by atoms with Gasteiger partial charge in [-0.25, -0.2) is 13.1 Å². The Balaban J connectivity index is 2.01. The molecule has 0 aliphatic carbocycles. The fourth-order valence-corrected chi connectivity index (χ4v) is 3.35. The van der Waals surface area contributed by atoms with E-state index < -0.39 is 10.0 Å². The number of H-pyrrole nitrogens is 1. The summed E-state index contributed by atoms with van der Waals surface area (Å²) in [5.41, 5.74) is 0.461. The molecule has 2 heterocycles. The molecule has 0 amide bonds. The highest BCUT2D eigenvalue weighted by Gasteiger charge is 2.31. The Morgan fingerprint density at radius 3 is 2.95 bits per heavy atom. The Morgan fingerprint density at radius 2 is 2.32 bits per heavy atom. The molecule has 1 atom stereocenters. The minimum Gasteiger partial charge on any atom is -0.374 e. The van der Waals surface area contributed by atoms with Gasteiger partial charge in [-0.2, -0.15) is 0 Å². The molecule has 0 radical (unpaired) electrons. The van der Waals surface area contributed by atoms with Crippen LogP contribution in [-0.4, -0.2) is 39.2 Å². The second-order valence-corrected chi connectivity index (χ2v) is 6.88. The summed E-state index contributed by atoms with van der Waals surface area (Å²) in [5, 5.41) is 2.97. The summed E-state index contributed by atoms with van der Waals surface area (Å²) in [6.45, 7) is 3.55. The number of hydrogen-bond acceptors (Lipinski definition) is 4. The van der Waals surface area contributed by atoms with Gasteiger partial charge in [0.1, 0.15) is 0 Å². The molecule has 1 aliphatic heterocycles. The standard InChI is InChI=1S/C12H21N3O3S/c1-12(4-3-5-18-12)9-15-19(16,17)11-6-10(7-13-2)14-8-11/h6,8,13-15H,3-5,7,9H2,1-2H3. The van der Waals surface area contributed by atoms with Crippen molar-refractivity contribution in [1.29, 1.82) is 0 Å². The zero-order valence-corrected chi connectivity index (χ0v) is 12.1. The van der Waals surface area contributed by atoms with Crippen LogP contribution in [0.3, 0.4) is 0 Å². The molecule has 0 bridgehead atoms. The van der Waals surface area contributed by atoms with Crippen molar-refractivity contribution < 1.29 is 13.2 Å². The first-order valence-electron chi connectivity index (χ1n) is 6.41. The van der Waals surface area contributed by atoms with E-state index in [1.54, 1.807) is 6.07 Å². The zero-order chi connectivity index (χ0) is 13.9. The largest absolute Gasteiger partial charge is 0.374 e. The molecule has 1 unspecified atom stereocenters. The number of ether oxygens (including phenoxy) is 1. The van der Waals surface area contributed by atoms with Crippen LogP contribution in [0, 0.1) is 0 Å². The lowest BCUT2D eigenvalue weighted by Crippen LogP contribution is -2.39. The van der Waals surface area contributed by atoms with Crippen molar-refractivity contribution in [3.63, 3.8) is 0 Å². The lowest BCUT2D eigenvalue weighted by molar-refractivity contribution is 0.0250. The number of sulfonamides is 1. The highest BCUT2D eigenvalue weighted by Crippen LogP contribution is 2.24. The van der Waals surface area contributed by atoms with Gasteiger partial charge in [-0.3, -0.25) is 0 Å². The van der Waals surface area contributed by atoms with Gasteiger partial charge in [0.05, 0.1) is 10.5 Å². The van der Waals surface area contributed by atoms with Crippen molar-refractivity contribution in [2.45, 2.75) is 36.8 Å². The fourth-order valence-electron chi connectivity index (χ4n) is 2.17.